The predicted molar refractivity (Wildman–Crippen MR) is 52.0 cm³/mol. The number of hydrogen-bond donors (Lipinski definition) is 3. The van der Waals surface area contributed by atoms with Gasteiger partial charge in [-0.1, -0.05) is 12.2 Å². The highest BCUT2D eigenvalue weighted by Crippen LogP contribution is 2.03. The number of nitrogens with one attached hydrogen (secondary N) is 2. The summed E-state index contributed by atoms with van der Waals surface area (Å²) in [5, 5.41) is 0. The topological polar surface area (TPSA) is 84.2 Å². The van der Waals surface area contributed by atoms with E-state index in [0.717, 1.165) is 0 Å². The number of thiocarbonyl (C=S) groups is 1. The molecule has 7 heteroatoms. The van der Waals surface area contributed by atoms with Crippen LogP contribution in [0.4, 0.5) is 0 Å². The third-order valence-corrected chi connectivity index (χ3v) is 3.10. The minimum absolute atomic E-state index is 0.0984. The van der Waals surface area contributed by atoms with E-state index in [-0.39, 0.29) is 4.99 Å². The summed E-state index contributed by atoms with van der Waals surface area (Å²) in [5.74, 6) is 0. The highest BCUT2D eigenvalue weighted by atomic mass is 32.2. The summed E-state index contributed by atoms with van der Waals surface area (Å²) in [7, 11) is -2.19. The first-order valence-electron chi connectivity index (χ1n) is 3.23. The normalized spacial score (nSPS) is 12.9. The van der Waals surface area contributed by atoms with Crippen molar-refractivity contribution in [1.29, 1.82) is 0 Å². The SMILES string of the molecule is CNS(=O)(=O)NC(C)(C)C(N)=S. The van der Waals surface area contributed by atoms with Gasteiger partial charge in [0.1, 0.15) is 0 Å². The van der Waals surface area contributed by atoms with Crippen LogP contribution in [0.1, 0.15) is 13.8 Å². The standard InChI is InChI=1S/C5H13N3O2S2/c1-5(2,4(6)11)8-12(9,10)7-3/h7-8H,1-3H3,(H2,6,11). The summed E-state index contributed by atoms with van der Waals surface area (Å²) in [4.78, 5) is 0.0984. The molecule has 0 aromatic rings. The monoisotopic (exact) mass is 211 g/mol. The average Bonchev–Trinajstić information content (AvgIpc) is 1.85. The Morgan fingerprint density at radius 1 is 1.50 bits per heavy atom. The maximum Gasteiger partial charge on any atom is 0.277 e. The Hall–Kier alpha value is -0.240. The van der Waals surface area contributed by atoms with Crippen LogP contribution in [0.3, 0.4) is 0 Å². The lowest BCUT2D eigenvalue weighted by Gasteiger charge is -2.23. The van der Waals surface area contributed by atoms with E-state index < -0.39 is 15.7 Å². The summed E-state index contributed by atoms with van der Waals surface area (Å²) in [5.41, 5.74) is 4.40. The molecule has 0 spiro atoms. The Balaban J connectivity index is 4.57. The molecule has 0 atom stereocenters. The molecule has 4 N–H and O–H groups in total. The van der Waals surface area contributed by atoms with Crippen LogP contribution in [0, 0.1) is 0 Å². The van der Waals surface area contributed by atoms with Gasteiger partial charge in [0, 0.05) is 7.05 Å². The van der Waals surface area contributed by atoms with Crippen molar-refractivity contribution in [1.82, 2.24) is 9.44 Å². The molecule has 0 unspecified atom stereocenters. The molecule has 0 fully saturated rings. The van der Waals surface area contributed by atoms with Crippen LogP contribution in [0.25, 0.3) is 0 Å². The van der Waals surface area contributed by atoms with E-state index in [9.17, 15) is 8.42 Å². The van der Waals surface area contributed by atoms with Crippen molar-refractivity contribution < 1.29 is 8.42 Å². The van der Waals surface area contributed by atoms with Gasteiger partial charge in [-0.15, -0.1) is 0 Å². The molecule has 0 aromatic carbocycles. The van der Waals surface area contributed by atoms with Crippen LogP contribution in [0.15, 0.2) is 0 Å². The van der Waals surface area contributed by atoms with Gasteiger partial charge in [-0.2, -0.15) is 13.1 Å². The van der Waals surface area contributed by atoms with E-state index in [1.807, 2.05) is 0 Å². The zero-order valence-electron chi connectivity index (χ0n) is 7.21. The van der Waals surface area contributed by atoms with Crippen molar-refractivity contribution in [2.24, 2.45) is 5.73 Å². The number of nitrogens with two attached hydrogens (primary N) is 1. The van der Waals surface area contributed by atoms with Gasteiger partial charge in [0.2, 0.25) is 0 Å². The van der Waals surface area contributed by atoms with E-state index in [1.54, 1.807) is 13.8 Å². The Bertz CT molecular complexity index is 270. The Morgan fingerprint density at radius 3 is 2.17 bits per heavy atom. The molecule has 0 aromatic heterocycles. The molecule has 5 nitrogen and oxygen atoms in total. The maximum atomic E-state index is 11.0. The minimum atomic E-state index is -3.49. The minimum Gasteiger partial charge on any atom is -0.392 e. The van der Waals surface area contributed by atoms with Gasteiger partial charge >= 0.3 is 0 Å². The van der Waals surface area contributed by atoms with Crippen molar-refractivity contribution in [3.63, 3.8) is 0 Å². The molecule has 12 heavy (non-hydrogen) atoms. The Morgan fingerprint density at radius 2 is 1.92 bits per heavy atom. The summed E-state index contributed by atoms with van der Waals surface area (Å²) in [6.45, 7) is 3.18. The van der Waals surface area contributed by atoms with Crippen LogP contribution in [-0.4, -0.2) is 26.0 Å². The Kier molecular flexibility index (Phi) is 3.58. The zero-order chi connectivity index (χ0) is 9.99. The molecule has 0 bridgehead atoms. The summed E-state index contributed by atoms with van der Waals surface area (Å²) in [6.07, 6.45) is 0. The second-order valence-electron chi connectivity index (χ2n) is 2.80. The summed E-state index contributed by atoms with van der Waals surface area (Å²) < 4.78 is 26.3. The van der Waals surface area contributed by atoms with Gasteiger partial charge in [0.05, 0.1) is 10.5 Å². The first-order valence-corrected chi connectivity index (χ1v) is 5.13. The molecular formula is C5H13N3O2S2. The molecule has 72 valence electrons. The van der Waals surface area contributed by atoms with E-state index in [0.29, 0.717) is 0 Å². The molecule has 0 saturated carbocycles. The van der Waals surface area contributed by atoms with Crippen molar-refractivity contribution >= 4 is 27.4 Å². The number of rotatable bonds is 4. The third-order valence-electron chi connectivity index (χ3n) is 1.27. The molecule has 0 aliphatic heterocycles. The van der Waals surface area contributed by atoms with Crippen LogP contribution in [0.5, 0.6) is 0 Å². The summed E-state index contributed by atoms with van der Waals surface area (Å²) in [6, 6.07) is 0. The van der Waals surface area contributed by atoms with Crippen LogP contribution in [-0.2, 0) is 10.2 Å². The van der Waals surface area contributed by atoms with Gasteiger partial charge in [0.15, 0.2) is 0 Å². The van der Waals surface area contributed by atoms with E-state index in [4.69, 9.17) is 5.73 Å². The summed E-state index contributed by atoms with van der Waals surface area (Å²) >= 11 is 4.67. The second kappa shape index (κ2) is 3.65. The molecule has 0 saturated heterocycles. The third kappa shape index (κ3) is 3.44. The average molecular weight is 211 g/mol. The molecule has 0 radical (unpaired) electrons. The largest absolute Gasteiger partial charge is 0.392 e. The maximum absolute atomic E-state index is 11.0. The van der Waals surface area contributed by atoms with Crippen LogP contribution < -0.4 is 15.2 Å². The van der Waals surface area contributed by atoms with Gasteiger partial charge in [0.25, 0.3) is 10.2 Å². The molecule has 0 aliphatic rings. The molecular weight excluding hydrogens is 198 g/mol. The van der Waals surface area contributed by atoms with Crippen molar-refractivity contribution in [2.45, 2.75) is 19.4 Å². The predicted octanol–water partition coefficient (Wildman–Crippen LogP) is -0.895. The smallest absolute Gasteiger partial charge is 0.277 e. The van der Waals surface area contributed by atoms with Gasteiger partial charge in [-0.05, 0) is 13.8 Å². The fraction of sp³-hybridized carbons (Fsp3) is 0.800. The highest BCUT2D eigenvalue weighted by Gasteiger charge is 2.26. The van der Waals surface area contributed by atoms with Crippen molar-refractivity contribution in [3.05, 3.63) is 0 Å². The van der Waals surface area contributed by atoms with Crippen molar-refractivity contribution in [2.75, 3.05) is 7.05 Å². The quantitative estimate of drug-likeness (QED) is 0.526. The Labute approximate surface area is 77.9 Å². The van der Waals surface area contributed by atoms with E-state index in [1.165, 1.54) is 7.05 Å². The van der Waals surface area contributed by atoms with E-state index >= 15 is 0 Å². The van der Waals surface area contributed by atoms with Crippen LogP contribution in [0.2, 0.25) is 0 Å². The first kappa shape index (κ1) is 11.8. The van der Waals surface area contributed by atoms with E-state index in [2.05, 4.69) is 21.7 Å². The molecule has 0 amide bonds. The second-order valence-corrected chi connectivity index (χ2v) is 4.86. The lowest BCUT2D eigenvalue weighted by Crippen LogP contribution is -2.54. The molecule has 0 heterocycles. The lowest BCUT2D eigenvalue weighted by atomic mass is 10.1. The fourth-order valence-electron chi connectivity index (χ4n) is 0.437. The van der Waals surface area contributed by atoms with Gasteiger partial charge in [-0.3, -0.25) is 0 Å². The molecule has 0 rings (SSSR count). The van der Waals surface area contributed by atoms with Gasteiger partial charge < -0.3 is 5.73 Å². The lowest BCUT2D eigenvalue weighted by molar-refractivity contribution is 0.539. The molecule has 0 aliphatic carbocycles. The zero-order valence-corrected chi connectivity index (χ0v) is 8.84. The van der Waals surface area contributed by atoms with Crippen molar-refractivity contribution in [3.8, 4) is 0 Å². The van der Waals surface area contributed by atoms with Crippen LogP contribution >= 0.6 is 12.2 Å². The number of hydrogen-bond acceptors (Lipinski definition) is 3. The fourth-order valence-corrected chi connectivity index (χ4v) is 1.44. The first-order chi connectivity index (χ1) is 5.21. The highest BCUT2D eigenvalue weighted by molar-refractivity contribution is 7.87. The van der Waals surface area contributed by atoms with Gasteiger partial charge in [-0.25, -0.2) is 4.72 Å².